The van der Waals surface area contributed by atoms with Crippen molar-refractivity contribution in [1.29, 1.82) is 0 Å². The van der Waals surface area contributed by atoms with Crippen LogP contribution in [0.3, 0.4) is 0 Å². The lowest BCUT2D eigenvalue weighted by atomic mass is 10.0. The molecule has 0 fully saturated rings. The molecular weight excluding hydrogens is 305 g/mol. The Hall–Kier alpha value is -3.05. The van der Waals surface area contributed by atoms with Crippen LogP contribution in [-0.4, -0.2) is 19.7 Å². The second-order valence-corrected chi connectivity index (χ2v) is 5.49. The molecule has 3 heterocycles. The maximum absolute atomic E-state index is 13.3. The highest BCUT2D eigenvalue weighted by molar-refractivity contribution is 5.92. The molecule has 5 heteroatoms. The van der Waals surface area contributed by atoms with E-state index < -0.39 is 0 Å². The van der Waals surface area contributed by atoms with E-state index in [0.29, 0.717) is 0 Å². The Morgan fingerprint density at radius 3 is 2.42 bits per heavy atom. The van der Waals surface area contributed by atoms with E-state index in [-0.39, 0.29) is 12.4 Å². The standard InChI is InChI=1S/C19H14FN3O/c20-16-3-1-15(2-4-16)19-18(14-5-8-21-9-6-14)17-11-13(12-24)7-10-23(17)22-19/h1-11,24H,12H2. The first-order valence-electron chi connectivity index (χ1n) is 7.55. The average Bonchev–Trinajstić information content (AvgIpc) is 3.01. The van der Waals surface area contributed by atoms with E-state index in [2.05, 4.69) is 10.1 Å². The van der Waals surface area contributed by atoms with Crippen molar-refractivity contribution in [3.63, 3.8) is 0 Å². The molecule has 1 aromatic carbocycles. The fourth-order valence-electron chi connectivity index (χ4n) is 2.80. The highest BCUT2D eigenvalue weighted by Crippen LogP contribution is 2.35. The molecule has 0 saturated heterocycles. The quantitative estimate of drug-likeness (QED) is 0.626. The van der Waals surface area contributed by atoms with Gasteiger partial charge in [0.1, 0.15) is 11.5 Å². The molecule has 0 atom stereocenters. The van der Waals surface area contributed by atoms with Crippen LogP contribution >= 0.6 is 0 Å². The van der Waals surface area contributed by atoms with Crippen molar-refractivity contribution < 1.29 is 9.50 Å². The summed E-state index contributed by atoms with van der Waals surface area (Å²) >= 11 is 0. The van der Waals surface area contributed by atoms with Gasteiger partial charge in [-0.2, -0.15) is 5.10 Å². The SMILES string of the molecule is OCc1ccn2nc(-c3ccc(F)cc3)c(-c3ccncc3)c2c1. The van der Waals surface area contributed by atoms with Gasteiger partial charge in [-0.1, -0.05) is 0 Å². The Kier molecular flexibility index (Phi) is 3.55. The Balaban J connectivity index is 2.03. The summed E-state index contributed by atoms with van der Waals surface area (Å²) in [6.45, 7) is -0.0383. The number of rotatable bonds is 3. The topological polar surface area (TPSA) is 50.4 Å². The molecule has 0 aliphatic heterocycles. The number of aliphatic hydroxyl groups is 1. The zero-order valence-electron chi connectivity index (χ0n) is 12.7. The normalized spacial score (nSPS) is 11.1. The van der Waals surface area contributed by atoms with Gasteiger partial charge in [-0.05, 0) is 59.7 Å². The highest BCUT2D eigenvalue weighted by atomic mass is 19.1. The van der Waals surface area contributed by atoms with Gasteiger partial charge in [-0.15, -0.1) is 0 Å². The van der Waals surface area contributed by atoms with Crippen molar-refractivity contribution >= 4 is 5.52 Å². The first-order chi connectivity index (χ1) is 11.8. The van der Waals surface area contributed by atoms with Crippen LogP contribution in [0, 0.1) is 5.82 Å². The summed E-state index contributed by atoms with van der Waals surface area (Å²) < 4.78 is 15.0. The van der Waals surface area contributed by atoms with Crippen molar-refractivity contribution in [2.24, 2.45) is 0 Å². The predicted octanol–water partition coefficient (Wildman–Crippen LogP) is 3.69. The van der Waals surface area contributed by atoms with Gasteiger partial charge in [-0.25, -0.2) is 8.91 Å². The number of hydrogen-bond donors (Lipinski definition) is 1. The molecule has 0 unspecified atom stereocenters. The lowest BCUT2D eigenvalue weighted by molar-refractivity contribution is 0.282. The van der Waals surface area contributed by atoms with E-state index in [1.807, 2.05) is 30.5 Å². The highest BCUT2D eigenvalue weighted by Gasteiger charge is 2.16. The summed E-state index contributed by atoms with van der Waals surface area (Å²) in [6, 6.07) is 13.8. The Morgan fingerprint density at radius 1 is 0.958 bits per heavy atom. The average molecular weight is 319 g/mol. The molecule has 0 aliphatic carbocycles. The maximum atomic E-state index is 13.3. The molecule has 118 valence electrons. The molecule has 0 amide bonds. The minimum absolute atomic E-state index is 0.0383. The van der Waals surface area contributed by atoms with E-state index in [1.54, 1.807) is 29.0 Å². The van der Waals surface area contributed by atoms with Crippen molar-refractivity contribution in [2.75, 3.05) is 0 Å². The number of aliphatic hydroxyl groups excluding tert-OH is 1. The van der Waals surface area contributed by atoms with Gasteiger partial charge in [0, 0.05) is 29.7 Å². The number of fused-ring (bicyclic) bond motifs is 1. The maximum Gasteiger partial charge on any atom is 0.123 e. The summed E-state index contributed by atoms with van der Waals surface area (Å²) in [6.07, 6.45) is 5.27. The molecule has 0 bridgehead atoms. The van der Waals surface area contributed by atoms with Crippen LogP contribution in [0.1, 0.15) is 5.56 Å². The molecule has 24 heavy (non-hydrogen) atoms. The van der Waals surface area contributed by atoms with E-state index in [4.69, 9.17) is 0 Å². The van der Waals surface area contributed by atoms with Crippen LogP contribution in [0.4, 0.5) is 4.39 Å². The van der Waals surface area contributed by atoms with E-state index in [9.17, 15) is 9.50 Å². The van der Waals surface area contributed by atoms with Crippen LogP contribution < -0.4 is 0 Å². The Labute approximate surface area is 137 Å². The first-order valence-corrected chi connectivity index (χ1v) is 7.55. The summed E-state index contributed by atoms with van der Waals surface area (Å²) in [5, 5.41) is 14.1. The number of aromatic nitrogens is 3. The monoisotopic (exact) mass is 319 g/mol. The van der Waals surface area contributed by atoms with Gasteiger partial charge in [0.15, 0.2) is 0 Å². The van der Waals surface area contributed by atoms with Crippen molar-refractivity contribution in [3.8, 4) is 22.4 Å². The fourth-order valence-corrected chi connectivity index (χ4v) is 2.80. The molecule has 0 radical (unpaired) electrons. The lowest BCUT2D eigenvalue weighted by Crippen LogP contribution is -1.90. The molecule has 4 nitrogen and oxygen atoms in total. The van der Waals surface area contributed by atoms with Gasteiger partial charge in [-0.3, -0.25) is 4.98 Å². The van der Waals surface area contributed by atoms with Gasteiger partial charge < -0.3 is 5.11 Å². The summed E-state index contributed by atoms with van der Waals surface area (Å²) in [5.74, 6) is -0.282. The van der Waals surface area contributed by atoms with Gasteiger partial charge >= 0.3 is 0 Å². The third kappa shape index (κ3) is 2.45. The van der Waals surface area contributed by atoms with Crippen LogP contribution in [0.15, 0.2) is 67.1 Å². The van der Waals surface area contributed by atoms with Crippen LogP contribution in [0.25, 0.3) is 27.9 Å². The third-order valence-corrected chi connectivity index (χ3v) is 3.97. The zero-order valence-corrected chi connectivity index (χ0v) is 12.7. The van der Waals surface area contributed by atoms with Crippen molar-refractivity contribution in [1.82, 2.24) is 14.6 Å². The van der Waals surface area contributed by atoms with E-state index in [0.717, 1.165) is 33.5 Å². The molecule has 3 aromatic heterocycles. The summed E-state index contributed by atoms with van der Waals surface area (Å²) in [4.78, 5) is 4.07. The molecule has 0 saturated carbocycles. The number of hydrogen-bond acceptors (Lipinski definition) is 3. The molecule has 4 aromatic rings. The molecule has 0 spiro atoms. The minimum Gasteiger partial charge on any atom is -0.392 e. The van der Waals surface area contributed by atoms with Crippen molar-refractivity contribution in [3.05, 3.63) is 78.5 Å². The Morgan fingerprint density at radius 2 is 1.71 bits per heavy atom. The first kappa shape index (κ1) is 14.5. The predicted molar refractivity (Wildman–Crippen MR) is 89.7 cm³/mol. The largest absolute Gasteiger partial charge is 0.392 e. The number of benzene rings is 1. The number of pyridine rings is 2. The smallest absolute Gasteiger partial charge is 0.123 e. The second-order valence-electron chi connectivity index (χ2n) is 5.49. The van der Waals surface area contributed by atoms with Crippen molar-refractivity contribution in [2.45, 2.75) is 6.61 Å². The fraction of sp³-hybridized carbons (Fsp3) is 0.0526. The summed E-state index contributed by atoms with van der Waals surface area (Å²) in [7, 11) is 0. The Bertz CT molecular complexity index is 994. The second kappa shape index (κ2) is 5.86. The van der Waals surface area contributed by atoms with Gasteiger partial charge in [0.25, 0.3) is 0 Å². The van der Waals surface area contributed by atoms with Gasteiger partial charge in [0.05, 0.1) is 12.1 Å². The molecule has 4 rings (SSSR count). The molecular formula is C19H14FN3O. The third-order valence-electron chi connectivity index (χ3n) is 3.97. The molecule has 0 aliphatic rings. The van der Waals surface area contributed by atoms with Gasteiger partial charge in [0.2, 0.25) is 0 Å². The van der Waals surface area contributed by atoms with E-state index >= 15 is 0 Å². The number of halogens is 1. The summed E-state index contributed by atoms with van der Waals surface area (Å²) in [5.41, 5.74) is 5.18. The van der Waals surface area contributed by atoms with Crippen LogP contribution in [0.5, 0.6) is 0 Å². The van der Waals surface area contributed by atoms with E-state index in [1.165, 1.54) is 12.1 Å². The number of nitrogens with zero attached hydrogens (tertiary/aromatic N) is 3. The zero-order chi connectivity index (χ0) is 16.5. The lowest BCUT2D eigenvalue weighted by Gasteiger charge is -2.04. The van der Waals surface area contributed by atoms with Crippen LogP contribution in [-0.2, 0) is 6.61 Å². The minimum atomic E-state index is -0.282. The molecule has 1 N–H and O–H groups in total. The van der Waals surface area contributed by atoms with Crippen LogP contribution in [0.2, 0.25) is 0 Å².